The molecule has 3 rings (SSSR count). The van der Waals surface area contributed by atoms with Crippen LogP contribution >= 0.6 is 15.9 Å². The highest BCUT2D eigenvalue weighted by molar-refractivity contribution is 9.10. The first kappa shape index (κ1) is 18.9. The summed E-state index contributed by atoms with van der Waals surface area (Å²) in [5.74, 6) is -2.09. The zero-order valence-corrected chi connectivity index (χ0v) is 15.5. The zero-order valence-electron chi connectivity index (χ0n) is 13.9. The van der Waals surface area contributed by atoms with Gasteiger partial charge in [0.2, 0.25) is 5.91 Å². The molecular formula is C17H14BrFN4O4. The number of aromatic nitrogens is 1. The van der Waals surface area contributed by atoms with Gasteiger partial charge >= 0.3 is 5.82 Å². The molecule has 1 aliphatic rings. The predicted octanol–water partition coefficient (Wildman–Crippen LogP) is 2.82. The average Bonchev–Trinajstić information content (AvgIpc) is 2.64. The fraction of sp³-hybridized carbons (Fsp3) is 0.235. The minimum absolute atomic E-state index is 0.00693. The number of nitrogens with one attached hydrogen (secondary N) is 1. The second-order valence-electron chi connectivity index (χ2n) is 5.89. The summed E-state index contributed by atoms with van der Waals surface area (Å²) >= 11 is 3.13. The molecule has 0 spiro atoms. The first-order valence-electron chi connectivity index (χ1n) is 8.05. The van der Waals surface area contributed by atoms with Gasteiger partial charge in [0.1, 0.15) is 11.9 Å². The van der Waals surface area contributed by atoms with E-state index in [0.29, 0.717) is 19.4 Å². The molecule has 1 atom stereocenters. The van der Waals surface area contributed by atoms with Crippen LogP contribution in [0.4, 0.5) is 15.9 Å². The van der Waals surface area contributed by atoms with E-state index in [1.807, 2.05) is 0 Å². The Morgan fingerprint density at radius 2 is 2.15 bits per heavy atom. The summed E-state index contributed by atoms with van der Waals surface area (Å²) in [7, 11) is 0. The fourth-order valence-electron chi connectivity index (χ4n) is 2.86. The first-order chi connectivity index (χ1) is 12.9. The van der Waals surface area contributed by atoms with Gasteiger partial charge in [-0.1, -0.05) is 12.1 Å². The van der Waals surface area contributed by atoms with E-state index >= 15 is 0 Å². The van der Waals surface area contributed by atoms with Gasteiger partial charge < -0.3 is 20.3 Å². The van der Waals surface area contributed by atoms with Gasteiger partial charge in [-0.05, 0) is 50.8 Å². The maximum Gasteiger partial charge on any atom is 0.364 e. The molecule has 1 aromatic carbocycles. The van der Waals surface area contributed by atoms with E-state index in [1.165, 1.54) is 23.1 Å². The molecule has 2 aromatic rings. The van der Waals surface area contributed by atoms with Crippen molar-refractivity contribution in [3.63, 3.8) is 0 Å². The monoisotopic (exact) mass is 436 g/mol. The topological polar surface area (TPSA) is 105 Å². The number of nitrogens with zero attached hydrogens (tertiary/aromatic N) is 3. The molecule has 27 heavy (non-hydrogen) atoms. The second kappa shape index (κ2) is 7.78. The van der Waals surface area contributed by atoms with E-state index in [2.05, 4.69) is 26.2 Å². The molecule has 1 aliphatic heterocycles. The number of piperidine rings is 1. The van der Waals surface area contributed by atoms with E-state index < -0.39 is 34.4 Å². The van der Waals surface area contributed by atoms with E-state index in [1.54, 1.807) is 6.07 Å². The molecular weight excluding hydrogens is 423 g/mol. The number of carbonyl (C=O) groups excluding carboxylic acids is 2. The number of pyridine rings is 1. The lowest BCUT2D eigenvalue weighted by Crippen LogP contribution is -2.52. The Bertz CT molecular complexity index is 924. The largest absolute Gasteiger partial charge is 0.364 e. The Labute approximate surface area is 161 Å². The highest BCUT2D eigenvalue weighted by atomic mass is 79.9. The van der Waals surface area contributed by atoms with E-state index in [0.717, 1.165) is 12.3 Å². The van der Waals surface area contributed by atoms with Crippen LogP contribution in [0.5, 0.6) is 0 Å². The van der Waals surface area contributed by atoms with E-state index in [9.17, 15) is 24.1 Å². The summed E-state index contributed by atoms with van der Waals surface area (Å²) in [4.78, 5) is 40.3. The van der Waals surface area contributed by atoms with E-state index in [4.69, 9.17) is 0 Å². The average molecular weight is 437 g/mol. The number of hydrogen-bond acceptors (Lipinski definition) is 5. The van der Waals surface area contributed by atoms with Crippen LogP contribution in [-0.2, 0) is 4.79 Å². The van der Waals surface area contributed by atoms with Crippen molar-refractivity contribution < 1.29 is 18.9 Å². The molecule has 0 bridgehead atoms. The Hall–Kier alpha value is -2.88. The molecule has 0 radical (unpaired) electrons. The van der Waals surface area contributed by atoms with Crippen LogP contribution in [0, 0.1) is 15.9 Å². The smallest absolute Gasteiger partial charge is 0.358 e. The lowest BCUT2D eigenvalue weighted by Gasteiger charge is -2.32. The van der Waals surface area contributed by atoms with Crippen molar-refractivity contribution in [2.45, 2.75) is 18.9 Å². The lowest BCUT2D eigenvalue weighted by molar-refractivity contribution is -0.389. The third-order valence-corrected chi connectivity index (χ3v) is 4.79. The van der Waals surface area contributed by atoms with Crippen molar-refractivity contribution >= 4 is 39.2 Å². The molecule has 2 amide bonds. The molecule has 1 saturated heterocycles. The fourth-order valence-corrected chi connectivity index (χ4v) is 3.25. The first-order valence-corrected chi connectivity index (χ1v) is 8.84. The quantitative estimate of drug-likeness (QED) is 0.585. The van der Waals surface area contributed by atoms with Crippen LogP contribution in [0.25, 0.3) is 0 Å². The summed E-state index contributed by atoms with van der Waals surface area (Å²) in [5, 5.41) is 13.4. The van der Waals surface area contributed by atoms with Crippen molar-refractivity contribution in [3.05, 3.63) is 62.5 Å². The Balaban J connectivity index is 1.80. The second-order valence-corrected chi connectivity index (χ2v) is 6.74. The molecule has 2 heterocycles. The molecule has 0 aliphatic carbocycles. The standard InChI is InChI=1S/C17H14BrFN4O4/c18-11-9-20-15(23(26)27)8-10(11)16(24)21-13-5-3-7-22(17(13)25)14-6-2-1-4-12(14)19/h1-2,4,6,8-9,13H,3,5,7H2,(H,21,24)/t13-/m0/s1. The minimum atomic E-state index is -0.857. The molecule has 1 fully saturated rings. The summed E-state index contributed by atoms with van der Waals surface area (Å²) in [6.45, 7) is 0.344. The number of amides is 2. The van der Waals surface area contributed by atoms with Crippen molar-refractivity contribution in [3.8, 4) is 0 Å². The van der Waals surface area contributed by atoms with Crippen molar-refractivity contribution in [1.29, 1.82) is 0 Å². The van der Waals surface area contributed by atoms with Gasteiger partial charge in [-0.2, -0.15) is 0 Å². The SMILES string of the molecule is O=C(N[C@H]1CCCN(c2ccccc2F)C1=O)c1cc([N+](=O)[O-])ncc1Br. The van der Waals surface area contributed by atoms with Crippen molar-refractivity contribution in [2.75, 3.05) is 11.4 Å². The summed E-state index contributed by atoms with van der Waals surface area (Å²) < 4.78 is 14.3. The van der Waals surface area contributed by atoms with Crippen LogP contribution in [0.1, 0.15) is 23.2 Å². The molecule has 1 N–H and O–H groups in total. The molecule has 8 nitrogen and oxygen atoms in total. The molecule has 0 saturated carbocycles. The van der Waals surface area contributed by atoms with Gasteiger partial charge in [0.25, 0.3) is 5.91 Å². The lowest BCUT2D eigenvalue weighted by atomic mass is 10.0. The predicted molar refractivity (Wildman–Crippen MR) is 97.8 cm³/mol. The van der Waals surface area contributed by atoms with Gasteiger partial charge in [0.05, 0.1) is 15.7 Å². The third-order valence-electron chi connectivity index (χ3n) is 4.16. The number of hydrogen-bond donors (Lipinski definition) is 1. The molecule has 10 heteroatoms. The number of para-hydroxylation sites is 1. The number of anilines is 1. The van der Waals surface area contributed by atoms with Gasteiger partial charge in [-0.15, -0.1) is 0 Å². The van der Waals surface area contributed by atoms with Gasteiger partial charge in [-0.25, -0.2) is 4.39 Å². The Morgan fingerprint density at radius 1 is 1.41 bits per heavy atom. The number of carbonyl (C=O) groups is 2. The third kappa shape index (κ3) is 3.95. The maximum atomic E-state index is 14.0. The number of nitro groups is 1. The van der Waals surface area contributed by atoms with Gasteiger partial charge in [0.15, 0.2) is 6.20 Å². The number of benzene rings is 1. The van der Waals surface area contributed by atoms with Gasteiger partial charge in [0, 0.05) is 12.6 Å². The molecule has 140 valence electrons. The van der Waals surface area contributed by atoms with Crippen LogP contribution < -0.4 is 10.2 Å². The number of rotatable bonds is 4. The number of halogens is 2. The summed E-state index contributed by atoms with van der Waals surface area (Å²) in [5.41, 5.74) is 0.148. The molecule has 1 aromatic heterocycles. The molecule has 0 unspecified atom stereocenters. The van der Waals surface area contributed by atoms with Crippen molar-refractivity contribution in [2.24, 2.45) is 0 Å². The van der Waals surface area contributed by atoms with E-state index in [-0.39, 0.29) is 15.7 Å². The van der Waals surface area contributed by atoms with Crippen LogP contribution in [0.15, 0.2) is 41.0 Å². The normalized spacial score (nSPS) is 16.9. The Morgan fingerprint density at radius 3 is 2.85 bits per heavy atom. The van der Waals surface area contributed by atoms with Crippen LogP contribution in [-0.4, -0.2) is 34.3 Å². The van der Waals surface area contributed by atoms with Crippen LogP contribution in [0.2, 0.25) is 0 Å². The van der Waals surface area contributed by atoms with Gasteiger partial charge in [-0.3, -0.25) is 9.59 Å². The maximum absolute atomic E-state index is 14.0. The zero-order chi connectivity index (χ0) is 19.6. The summed E-state index contributed by atoms with van der Waals surface area (Å²) in [6.07, 6.45) is 2.12. The summed E-state index contributed by atoms with van der Waals surface area (Å²) in [6, 6.07) is 6.09. The van der Waals surface area contributed by atoms with Crippen LogP contribution in [0.3, 0.4) is 0 Å². The highest BCUT2D eigenvalue weighted by Gasteiger charge is 2.32. The minimum Gasteiger partial charge on any atom is -0.358 e. The highest BCUT2D eigenvalue weighted by Crippen LogP contribution is 2.25. The van der Waals surface area contributed by atoms with Crippen molar-refractivity contribution in [1.82, 2.24) is 10.3 Å². The Kier molecular flexibility index (Phi) is 5.45.